The average Bonchev–Trinajstić information content (AvgIpc) is 2.84. The third kappa shape index (κ3) is 5.12. The van der Waals surface area contributed by atoms with E-state index in [-0.39, 0.29) is 18.5 Å². The fourth-order valence-electron chi connectivity index (χ4n) is 3.61. The molecular weight excluding hydrogens is 450 g/mol. The Morgan fingerprint density at radius 2 is 1.76 bits per heavy atom. The molecule has 1 aromatic heterocycles. The summed E-state index contributed by atoms with van der Waals surface area (Å²) in [5.74, 6) is -0.390. The molecule has 0 amide bonds. The Kier molecular flexibility index (Phi) is 6.98. The third-order valence-corrected chi connectivity index (χ3v) is 7.05. The highest BCUT2D eigenvalue weighted by Crippen LogP contribution is 2.29. The zero-order valence-corrected chi connectivity index (χ0v) is 20.0. The number of carbonyl (C=O) groups is 1. The van der Waals surface area contributed by atoms with E-state index in [1.165, 1.54) is 34.7 Å². The van der Waals surface area contributed by atoms with Crippen molar-refractivity contribution in [3.8, 4) is 16.9 Å². The molecule has 0 bridgehead atoms. The van der Waals surface area contributed by atoms with Crippen molar-refractivity contribution in [2.45, 2.75) is 37.0 Å². The minimum absolute atomic E-state index is 0.143. The highest BCUT2D eigenvalue weighted by atomic mass is 32.2. The average molecular weight is 476 g/mol. The molecule has 34 heavy (non-hydrogen) atoms. The number of rotatable bonds is 8. The summed E-state index contributed by atoms with van der Waals surface area (Å²) in [6, 6.07) is 19.2. The van der Waals surface area contributed by atoms with Crippen LogP contribution >= 0.6 is 11.8 Å². The number of thioether (sulfide) groups is 1. The molecule has 1 N–H and O–H groups in total. The number of hydrogen-bond donors (Lipinski definition) is 1. The molecule has 174 valence electrons. The zero-order valence-electron chi connectivity index (χ0n) is 19.2. The SMILES string of the molecule is COc1ccc2nnn(CCC(Sc3ccc(-c4ccc(C)c(C)c4)cc3)C(=O)O)c(=O)c2c1. The quantitative estimate of drug-likeness (QED) is 0.369. The molecule has 4 rings (SSSR count). The standard InChI is InChI=1S/C26H25N3O4S/c1-16-4-5-19(14-17(16)2)18-6-9-21(10-7-18)34-24(26(31)32)12-13-29-25(30)22-15-20(33-3)8-11-23(22)27-28-29/h4-11,14-15,24H,12-13H2,1-3H3,(H,31,32). The van der Waals surface area contributed by atoms with Crippen LogP contribution in [0, 0.1) is 13.8 Å². The molecule has 7 nitrogen and oxygen atoms in total. The predicted octanol–water partition coefficient (Wildman–Crippen LogP) is 4.72. The van der Waals surface area contributed by atoms with Gasteiger partial charge in [0.25, 0.3) is 5.56 Å². The van der Waals surface area contributed by atoms with Gasteiger partial charge in [-0.05, 0) is 72.9 Å². The lowest BCUT2D eigenvalue weighted by Gasteiger charge is -2.13. The van der Waals surface area contributed by atoms with Crippen molar-refractivity contribution in [3.05, 3.63) is 82.1 Å². The smallest absolute Gasteiger partial charge is 0.317 e. The number of fused-ring (bicyclic) bond motifs is 1. The van der Waals surface area contributed by atoms with Crippen molar-refractivity contribution in [3.63, 3.8) is 0 Å². The Bertz CT molecular complexity index is 1400. The monoisotopic (exact) mass is 475 g/mol. The largest absolute Gasteiger partial charge is 0.497 e. The first-order chi connectivity index (χ1) is 16.4. The van der Waals surface area contributed by atoms with Gasteiger partial charge in [0.2, 0.25) is 0 Å². The molecule has 0 aliphatic heterocycles. The zero-order chi connectivity index (χ0) is 24.2. The molecule has 0 radical (unpaired) electrons. The van der Waals surface area contributed by atoms with E-state index >= 15 is 0 Å². The highest BCUT2D eigenvalue weighted by Gasteiger charge is 2.20. The summed E-state index contributed by atoms with van der Waals surface area (Å²) in [7, 11) is 1.53. The van der Waals surface area contributed by atoms with Gasteiger partial charge in [-0.2, -0.15) is 0 Å². The van der Waals surface area contributed by atoms with Gasteiger partial charge in [-0.25, -0.2) is 4.68 Å². The van der Waals surface area contributed by atoms with Crippen molar-refractivity contribution in [2.75, 3.05) is 7.11 Å². The Labute approximate surface area is 201 Å². The lowest BCUT2D eigenvalue weighted by atomic mass is 10.0. The van der Waals surface area contributed by atoms with Gasteiger partial charge in [0.15, 0.2) is 0 Å². The molecule has 1 heterocycles. The van der Waals surface area contributed by atoms with Gasteiger partial charge >= 0.3 is 5.97 Å². The summed E-state index contributed by atoms with van der Waals surface area (Å²) >= 11 is 1.26. The van der Waals surface area contributed by atoms with E-state index in [2.05, 4.69) is 42.4 Å². The number of nitrogens with zero attached hydrogens (tertiary/aromatic N) is 3. The minimum Gasteiger partial charge on any atom is -0.497 e. The van der Waals surface area contributed by atoms with Gasteiger partial charge in [0.1, 0.15) is 16.5 Å². The van der Waals surface area contributed by atoms with Gasteiger partial charge in [-0.3, -0.25) is 9.59 Å². The fraction of sp³-hybridized carbons (Fsp3) is 0.231. The molecular formula is C26H25N3O4S. The van der Waals surface area contributed by atoms with Gasteiger partial charge in [0.05, 0.1) is 12.5 Å². The van der Waals surface area contributed by atoms with Crippen LogP contribution in [0.5, 0.6) is 5.75 Å². The van der Waals surface area contributed by atoms with Crippen LogP contribution in [0.15, 0.2) is 70.4 Å². The Balaban J connectivity index is 1.48. The van der Waals surface area contributed by atoms with Crippen LogP contribution in [0.2, 0.25) is 0 Å². The Hall–Kier alpha value is -3.65. The second-order valence-electron chi connectivity index (χ2n) is 8.06. The van der Waals surface area contributed by atoms with E-state index in [0.717, 1.165) is 16.0 Å². The van der Waals surface area contributed by atoms with E-state index < -0.39 is 11.2 Å². The topological polar surface area (TPSA) is 94.3 Å². The van der Waals surface area contributed by atoms with Crippen LogP contribution in [0.1, 0.15) is 17.5 Å². The van der Waals surface area contributed by atoms with Crippen LogP contribution in [0.4, 0.5) is 0 Å². The van der Waals surface area contributed by atoms with Crippen LogP contribution in [0.25, 0.3) is 22.0 Å². The third-order valence-electron chi connectivity index (χ3n) is 5.78. The second kappa shape index (κ2) is 10.1. The molecule has 1 unspecified atom stereocenters. The first-order valence-corrected chi connectivity index (χ1v) is 11.7. The Morgan fingerprint density at radius 3 is 2.44 bits per heavy atom. The number of carboxylic acids is 1. The second-order valence-corrected chi connectivity index (χ2v) is 9.33. The summed E-state index contributed by atoms with van der Waals surface area (Å²) in [4.78, 5) is 25.6. The molecule has 8 heteroatoms. The molecule has 3 aromatic carbocycles. The summed E-state index contributed by atoms with van der Waals surface area (Å²) in [6.07, 6.45) is 0.225. The van der Waals surface area contributed by atoms with Crippen molar-refractivity contribution in [1.29, 1.82) is 0 Å². The van der Waals surface area contributed by atoms with Gasteiger partial charge in [0, 0.05) is 11.4 Å². The van der Waals surface area contributed by atoms with Crippen LogP contribution in [0.3, 0.4) is 0 Å². The molecule has 0 saturated heterocycles. The number of carboxylic acid groups (broad SMARTS) is 1. The molecule has 0 saturated carbocycles. The van der Waals surface area contributed by atoms with Crippen molar-refractivity contribution in [1.82, 2.24) is 15.0 Å². The summed E-state index contributed by atoms with van der Waals surface area (Å²) < 4.78 is 6.39. The normalized spacial score (nSPS) is 12.0. The van der Waals surface area contributed by atoms with Crippen LogP contribution in [-0.4, -0.2) is 38.4 Å². The number of aryl methyl sites for hydroxylation is 3. The molecule has 0 aliphatic rings. The lowest BCUT2D eigenvalue weighted by molar-refractivity contribution is -0.136. The highest BCUT2D eigenvalue weighted by molar-refractivity contribution is 8.00. The number of benzene rings is 3. The van der Waals surface area contributed by atoms with Gasteiger partial charge in [-0.15, -0.1) is 16.9 Å². The fourth-order valence-corrected chi connectivity index (χ4v) is 4.56. The maximum atomic E-state index is 12.8. The number of aromatic nitrogens is 3. The van der Waals surface area contributed by atoms with Gasteiger partial charge < -0.3 is 9.84 Å². The van der Waals surface area contributed by atoms with Gasteiger partial charge in [-0.1, -0.05) is 35.5 Å². The molecule has 1 atom stereocenters. The molecule has 0 fully saturated rings. The summed E-state index contributed by atoms with van der Waals surface area (Å²) in [6.45, 7) is 4.31. The number of ether oxygens (including phenoxy) is 1. The molecule has 0 aliphatic carbocycles. The van der Waals surface area contributed by atoms with Crippen molar-refractivity contribution >= 4 is 28.6 Å². The minimum atomic E-state index is -0.938. The predicted molar refractivity (Wildman–Crippen MR) is 134 cm³/mol. The molecule has 4 aromatic rings. The van der Waals surface area contributed by atoms with E-state index in [9.17, 15) is 14.7 Å². The first kappa shape index (κ1) is 23.5. The summed E-state index contributed by atoms with van der Waals surface area (Å²) in [5, 5.41) is 17.4. The van der Waals surface area contributed by atoms with Crippen LogP contribution < -0.4 is 10.3 Å². The number of methoxy groups -OCH3 is 1. The number of hydrogen-bond acceptors (Lipinski definition) is 6. The molecule has 0 spiro atoms. The summed E-state index contributed by atoms with van der Waals surface area (Å²) in [5.41, 5.74) is 4.82. The van der Waals surface area contributed by atoms with Crippen molar-refractivity contribution in [2.24, 2.45) is 0 Å². The van der Waals surface area contributed by atoms with E-state index in [0.29, 0.717) is 16.7 Å². The van der Waals surface area contributed by atoms with E-state index in [4.69, 9.17) is 4.74 Å². The first-order valence-electron chi connectivity index (χ1n) is 10.8. The van der Waals surface area contributed by atoms with Crippen LogP contribution in [-0.2, 0) is 11.3 Å². The van der Waals surface area contributed by atoms with E-state index in [1.807, 2.05) is 24.3 Å². The number of aliphatic carboxylic acids is 1. The lowest BCUT2D eigenvalue weighted by Crippen LogP contribution is -2.27. The maximum absolute atomic E-state index is 12.8. The Morgan fingerprint density at radius 1 is 1.03 bits per heavy atom. The maximum Gasteiger partial charge on any atom is 0.317 e. The van der Waals surface area contributed by atoms with E-state index in [1.54, 1.807) is 18.2 Å². The van der Waals surface area contributed by atoms with Crippen molar-refractivity contribution < 1.29 is 14.6 Å².